The second-order valence-corrected chi connectivity index (χ2v) is 9.61. The molecule has 0 aliphatic carbocycles. The Bertz CT molecular complexity index is 1270. The van der Waals surface area contributed by atoms with E-state index in [9.17, 15) is 9.59 Å². The van der Waals surface area contributed by atoms with Crippen LogP contribution in [0.2, 0.25) is 0 Å². The predicted molar refractivity (Wildman–Crippen MR) is 152 cm³/mol. The number of hydrogen-bond acceptors (Lipinski definition) is 8. The van der Waals surface area contributed by atoms with Gasteiger partial charge in [-0.15, -0.1) is 10.2 Å². The van der Waals surface area contributed by atoms with E-state index < -0.39 is 0 Å². The normalized spacial score (nSPS) is 14.3. The van der Waals surface area contributed by atoms with Gasteiger partial charge in [0, 0.05) is 44.9 Å². The molecule has 0 bridgehead atoms. The Balaban J connectivity index is 1.41. The fourth-order valence-corrected chi connectivity index (χ4v) is 4.85. The van der Waals surface area contributed by atoms with Crippen LogP contribution < -0.4 is 14.4 Å². The quantitative estimate of drug-likeness (QED) is 0.381. The van der Waals surface area contributed by atoms with Crippen LogP contribution in [-0.4, -0.2) is 92.5 Å². The van der Waals surface area contributed by atoms with Gasteiger partial charge in [0.2, 0.25) is 11.8 Å². The molecule has 0 radical (unpaired) electrons. The van der Waals surface area contributed by atoms with Crippen LogP contribution in [0.1, 0.15) is 24.9 Å². The molecule has 2 amide bonds. The second-order valence-electron chi connectivity index (χ2n) is 9.61. The zero-order valence-electron chi connectivity index (χ0n) is 23.6. The summed E-state index contributed by atoms with van der Waals surface area (Å²) < 4.78 is 15.9. The predicted octanol–water partition coefficient (Wildman–Crippen LogP) is 3.44. The molecular formula is C30H37N5O5. The van der Waals surface area contributed by atoms with Crippen molar-refractivity contribution in [3.8, 4) is 22.8 Å². The number of aromatic nitrogens is 2. The van der Waals surface area contributed by atoms with E-state index in [-0.39, 0.29) is 31.0 Å². The lowest BCUT2D eigenvalue weighted by Crippen LogP contribution is -2.46. The zero-order valence-corrected chi connectivity index (χ0v) is 23.6. The molecule has 1 atom stereocenters. The highest BCUT2D eigenvalue weighted by Crippen LogP contribution is 2.32. The molecule has 1 aliphatic rings. The first kappa shape index (κ1) is 28.8. The van der Waals surface area contributed by atoms with Crippen molar-refractivity contribution in [1.82, 2.24) is 20.0 Å². The van der Waals surface area contributed by atoms with E-state index in [0.717, 1.165) is 29.9 Å². The van der Waals surface area contributed by atoms with Gasteiger partial charge < -0.3 is 28.9 Å². The molecule has 1 aliphatic heterocycles. The summed E-state index contributed by atoms with van der Waals surface area (Å²) in [5.74, 6) is 1.81. The van der Waals surface area contributed by atoms with E-state index in [0.29, 0.717) is 36.8 Å². The second kappa shape index (κ2) is 13.7. The number of ether oxygens (including phenoxy) is 3. The van der Waals surface area contributed by atoms with Crippen LogP contribution in [0.15, 0.2) is 60.7 Å². The highest BCUT2D eigenvalue weighted by molar-refractivity contribution is 5.86. The van der Waals surface area contributed by atoms with Crippen molar-refractivity contribution in [3.63, 3.8) is 0 Å². The molecule has 0 saturated carbocycles. The summed E-state index contributed by atoms with van der Waals surface area (Å²) in [6.07, 6.45) is 0.779. The van der Waals surface area contributed by atoms with Gasteiger partial charge in [0.1, 0.15) is 24.7 Å². The molecule has 0 N–H and O–H groups in total. The Morgan fingerprint density at radius 2 is 1.73 bits per heavy atom. The van der Waals surface area contributed by atoms with Gasteiger partial charge in [0.05, 0.1) is 26.0 Å². The fraction of sp³-hybridized carbons (Fsp3) is 0.400. The number of methoxy groups -OCH3 is 3. The van der Waals surface area contributed by atoms with Crippen LogP contribution >= 0.6 is 0 Å². The maximum Gasteiger partial charge on any atom is 0.249 e. The van der Waals surface area contributed by atoms with Crippen LogP contribution in [0.5, 0.6) is 11.5 Å². The van der Waals surface area contributed by atoms with E-state index in [1.54, 1.807) is 19.1 Å². The molecule has 4 rings (SSSR count). The summed E-state index contributed by atoms with van der Waals surface area (Å²) in [6, 6.07) is 18.9. The molecule has 2 aromatic carbocycles. The third kappa shape index (κ3) is 6.87. The Hall–Kier alpha value is -4.18. The maximum atomic E-state index is 13.4. The van der Waals surface area contributed by atoms with Gasteiger partial charge in [-0.3, -0.25) is 9.59 Å². The van der Waals surface area contributed by atoms with Gasteiger partial charge in [-0.05, 0) is 43.2 Å². The Labute approximate surface area is 235 Å². The van der Waals surface area contributed by atoms with Gasteiger partial charge in [0.25, 0.3) is 0 Å². The number of carbonyl (C=O) groups excluding carboxylic acids is 2. The van der Waals surface area contributed by atoms with E-state index in [1.165, 1.54) is 7.11 Å². The summed E-state index contributed by atoms with van der Waals surface area (Å²) in [4.78, 5) is 31.8. The van der Waals surface area contributed by atoms with Crippen molar-refractivity contribution in [1.29, 1.82) is 0 Å². The third-order valence-corrected chi connectivity index (χ3v) is 7.15. The highest BCUT2D eigenvalue weighted by Gasteiger charge is 2.27. The number of benzene rings is 2. The number of carbonyl (C=O) groups is 2. The fourth-order valence-electron chi connectivity index (χ4n) is 4.85. The highest BCUT2D eigenvalue weighted by atomic mass is 16.5. The molecule has 1 saturated heterocycles. The van der Waals surface area contributed by atoms with Gasteiger partial charge in [-0.2, -0.15) is 0 Å². The van der Waals surface area contributed by atoms with Gasteiger partial charge in [0.15, 0.2) is 5.82 Å². The third-order valence-electron chi connectivity index (χ3n) is 7.15. The van der Waals surface area contributed by atoms with Crippen LogP contribution in [0.25, 0.3) is 11.3 Å². The number of nitrogens with zero attached hydrogens (tertiary/aromatic N) is 5. The summed E-state index contributed by atoms with van der Waals surface area (Å²) in [5, 5.41) is 8.92. The number of amides is 2. The first-order valence-electron chi connectivity index (χ1n) is 13.4. The van der Waals surface area contributed by atoms with Crippen LogP contribution in [-0.2, 0) is 14.3 Å². The minimum atomic E-state index is -0.255. The minimum absolute atomic E-state index is 0.00352. The van der Waals surface area contributed by atoms with Crippen molar-refractivity contribution in [2.75, 3.05) is 65.6 Å². The molecule has 212 valence electrons. The first-order valence-corrected chi connectivity index (χ1v) is 13.4. The number of anilines is 1. The van der Waals surface area contributed by atoms with Crippen LogP contribution in [0.4, 0.5) is 5.82 Å². The molecule has 1 fully saturated rings. The van der Waals surface area contributed by atoms with Gasteiger partial charge in [-0.1, -0.05) is 30.3 Å². The Morgan fingerprint density at radius 1 is 0.925 bits per heavy atom. The zero-order chi connectivity index (χ0) is 28.5. The maximum absolute atomic E-state index is 13.4. The standard InChI is InChI=1S/C30H37N5O5/c1-22(23-9-6-5-7-10-23)35(30(37)21-38-2)20-29(36)34-16-8-15-33(17-18-34)28-14-13-26(31-32-28)25-12-11-24(39-3)19-27(25)40-4/h5-7,9-14,19,22H,8,15-18,20-21H2,1-4H3/t22-/m0/s1. The number of hydrogen-bond donors (Lipinski definition) is 0. The average molecular weight is 548 g/mol. The summed E-state index contributed by atoms with van der Waals surface area (Å²) in [7, 11) is 4.71. The molecule has 10 heteroatoms. The molecule has 10 nitrogen and oxygen atoms in total. The lowest BCUT2D eigenvalue weighted by atomic mass is 10.1. The molecule has 0 spiro atoms. The Morgan fingerprint density at radius 3 is 2.40 bits per heavy atom. The van der Waals surface area contributed by atoms with Crippen molar-refractivity contribution >= 4 is 17.6 Å². The van der Waals surface area contributed by atoms with Crippen molar-refractivity contribution < 1.29 is 23.8 Å². The summed E-state index contributed by atoms with van der Waals surface area (Å²) in [5.41, 5.74) is 2.49. The molecular weight excluding hydrogens is 510 g/mol. The van der Waals surface area contributed by atoms with E-state index >= 15 is 0 Å². The summed E-state index contributed by atoms with van der Waals surface area (Å²) in [6.45, 7) is 4.36. The van der Waals surface area contributed by atoms with Crippen molar-refractivity contribution in [3.05, 3.63) is 66.2 Å². The van der Waals surface area contributed by atoms with E-state index in [2.05, 4.69) is 15.1 Å². The molecule has 3 aromatic rings. The van der Waals surface area contributed by atoms with Gasteiger partial charge >= 0.3 is 0 Å². The average Bonchev–Trinajstić information content (AvgIpc) is 3.26. The van der Waals surface area contributed by atoms with E-state index in [4.69, 9.17) is 14.2 Å². The monoisotopic (exact) mass is 547 g/mol. The summed E-state index contributed by atoms with van der Waals surface area (Å²) >= 11 is 0. The minimum Gasteiger partial charge on any atom is -0.497 e. The molecule has 1 aromatic heterocycles. The van der Waals surface area contributed by atoms with Gasteiger partial charge in [-0.25, -0.2) is 0 Å². The smallest absolute Gasteiger partial charge is 0.249 e. The van der Waals surface area contributed by atoms with E-state index in [1.807, 2.05) is 72.5 Å². The topological polar surface area (TPSA) is 97.3 Å². The largest absolute Gasteiger partial charge is 0.497 e. The molecule has 40 heavy (non-hydrogen) atoms. The van der Waals surface area contributed by atoms with Crippen LogP contribution in [0, 0.1) is 0 Å². The number of rotatable bonds is 10. The van der Waals surface area contributed by atoms with Crippen LogP contribution in [0.3, 0.4) is 0 Å². The van der Waals surface area contributed by atoms with Crippen molar-refractivity contribution in [2.24, 2.45) is 0 Å². The van der Waals surface area contributed by atoms with Crippen molar-refractivity contribution in [2.45, 2.75) is 19.4 Å². The lowest BCUT2D eigenvalue weighted by Gasteiger charge is -2.31. The molecule has 0 unspecified atom stereocenters. The SMILES string of the molecule is COCC(=O)N(CC(=O)N1CCCN(c2ccc(-c3ccc(OC)cc3OC)nn2)CC1)[C@@H](C)c1ccccc1. The first-order chi connectivity index (χ1) is 19.4. The lowest BCUT2D eigenvalue weighted by molar-refractivity contribution is -0.144. The Kier molecular flexibility index (Phi) is 9.91. The molecule has 2 heterocycles.